The molecule has 0 aromatic rings. The van der Waals surface area contributed by atoms with Crippen LogP contribution in [0.2, 0.25) is 0 Å². The molecule has 4 fully saturated rings. The van der Waals surface area contributed by atoms with Gasteiger partial charge in [-0.05, 0) is 51.6 Å². The Bertz CT molecular complexity index is 503. The highest BCUT2D eigenvalue weighted by Crippen LogP contribution is 2.43. The number of fused-ring (bicyclic) bond motifs is 2. The minimum Gasteiger partial charge on any atom is -0.465 e. The SMILES string of the molecule is O=C1CC2(CCN([C@H]3C[C@H]4CC[C@@H](C3)N4C(=O)O)CC2)CN1O. The predicted molar refractivity (Wildman–Crippen MR) is 81.1 cm³/mol. The second-order valence-electron chi connectivity index (χ2n) is 7.86. The van der Waals surface area contributed by atoms with Crippen LogP contribution in [0.3, 0.4) is 0 Å². The molecule has 4 aliphatic rings. The van der Waals surface area contributed by atoms with Crippen molar-refractivity contribution < 1.29 is 19.9 Å². The van der Waals surface area contributed by atoms with Crippen molar-refractivity contribution >= 4 is 12.0 Å². The number of rotatable bonds is 1. The van der Waals surface area contributed by atoms with Gasteiger partial charge < -0.3 is 14.9 Å². The van der Waals surface area contributed by atoms with Crippen LogP contribution in [0.5, 0.6) is 0 Å². The smallest absolute Gasteiger partial charge is 0.407 e. The Balaban J connectivity index is 1.37. The van der Waals surface area contributed by atoms with E-state index in [-0.39, 0.29) is 23.4 Å². The fourth-order valence-electron chi connectivity index (χ4n) is 5.33. The van der Waals surface area contributed by atoms with Gasteiger partial charge in [-0.25, -0.2) is 9.86 Å². The van der Waals surface area contributed by atoms with Crippen molar-refractivity contribution in [1.82, 2.24) is 14.9 Å². The number of amides is 2. The topological polar surface area (TPSA) is 84.3 Å². The van der Waals surface area contributed by atoms with Gasteiger partial charge in [-0.1, -0.05) is 0 Å². The molecule has 0 radical (unpaired) electrons. The van der Waals surface area contributed by atoms with Gasteiger partial charge in [0, 0.05) is 30.0 Å². The molecular weight excluding hydrogens is 298 g/mol. The zero-order valence-electron chi connectivity index (χ0n) is 13.4. The number of hydrogen-bond acceptors (Lipinski definition) is 4. The normalized spacial score (nSPS) is 36.9. The van der Waals surface area contributed by atoms with Crippen molar-refractivity contribution in [2.24, 2.45) is 5.41 Å². The molecule has 0 unspecified atom stereocenters. The molecule has 4 heterocycles. The molecule has 0 saturated carbocycles. The first kappa shape index (κ1) is 15.2. The van der Waals surface area contributed by atoms with E-state index in [4.69, 9.17) is 0 Å². The Kier molecular flexibility index (Phi) is 3.53. The van der Waals surface area contributed by atoms with Crippen molar-refractivity contribution in [3.63, 3.8) is 0 Å². The molecule has 2 bridgehead atoms. The van der Waals surface area contributed by atoms with E-state index in [1.165, 1.54) is 0 Å². The summed E-state index contributed by atoms with van der Waals surface area (Å²) >= 11 is 0. The van der Waals surface area contributed by atoms with E-state index in [1.54, 1.807) is 4.90 Å². The molecule has 0 aromatic carbocycles. The standard InChI is InChI=1S/C16H25N3O4/c20-14-9-16(10-18(14)23)3-5-17(6-4-16)13-7-11-1-2-12(8-13)19(11)15(21)22/h11-13,23H,1-10H2,(H,21,22)/t11-,12+,13+. The summed E-state index contributed by atoms with van der Waals surface area (Å²) in [5.74, 6) is -0.147. The van der Waals surface area contributed by atoms with Crippen LogP contribution < -0.4 is 0 Å². The number of piperidine rings is 2. The number of carbonyl (C=O) groups excluding carboxylic acids is 1. The molecule has 0 aliphatic carbocycles. The van der Waals surface area contributed by atoms with Crippen molar-refractivity contribution in [2.45, 2.75) is 63.1 Å². The number of nitrogens with zero attached hydrogens (tertiary/aromatic N) is 3. The minimum absolute atomic E-state index is 0.0386. The van der Waals surface area contributed by atoms with E-state index in [0.717, 1.165) is 56.7 Å². The van der Waals surface area contributed by atoms with Gasteiger partial charge in [0.1, 0.15) is 0 Å². The van der Waals surface area contributed by atoms with Gasteiger partial charge >= 0.3 is 6.09 Å². The minimum atomic E-state index is -0.763. The number of hydroxylamine groups is 2. The summed E-state index contributed by atoms with van der Waals surface area (Å²) in [5.41, 5.74) is -0.0386. The maximum Gasteiger partial charge on any atom is 0.407 e. The second-order valence-corrected chi connectivity index (χ2v) is 7.86. The zero-order valence-corrected chi connectivity index (χ0v) is 13.4. The molecule has 2 amide bonds. The quantitative estimate of drug-likeness (QED) is 0.712. The van der Waals surface area contributed by atoms with Gasteiger partial charge in [-0.15, -0.1) is 0 Å². The van der Waals surface area contributed by atoms with E-state index in [1.807, 2.05) is 0 Å². The van der Waals surface area contributed by atoms with Crippen LogP contribution in [0.1, 0.15) is 44.9 Å². The molecule has 1 spiro atoms. The second kappa shape index (κ2) is 5.34. The largest absolute Gasteiger partial charge is 0.465 e. The van der Waals surface area contributed by atoms with Crippen molar-refractivity contribution in [2.75, 3.05) is 19.6 Å². The first-order valence-corrected chi connectivity index (χ1v) is 8.72. The maximum atomic E-state index is 11.6. The van der Waals surface area contributed by atoms with Gasteiger partial charge in [0.15, 0.2) is 0 Å². The molecule has 3 atom stereocenters. The van der Waals surface area contributed by atoms with E-state index in [2.05, 4.69) is 4.90 Å². The van der Waals surface area contributed by atoms with Crippen LogP contribution in [0.15, 0.2) is 0 Å². The van der Waals surface area contributed by atoms with E-state index in [9.17, 15) is 19.9 Å². The fraction of sp³-hybridized carbons (Fsp3) is 0.875. The highest BCUT2D eigenvalue weighted by Gasteiger charge is 2.48. The molecule has 7 nitrogen and oxygen atoms in total. The Labute approximate surface area is 135 Å². The number of carboxylic acid groups (broad SMARTS) is 1. The molecule has 4 rings (SSSR count). The fourth-order valence-corrected chi connectivity index (χ4v) is 5.33. The van der Waals surface area contributed by atoms with Crippen LogP contribution >= 0.6 is 0 Å². The Morgan fingerprint density at radius 1 is 1.09 bits per heavy atom. The monoisotopic (exact) mass is 323 g/mol. The summed E-state index contributed by atoms with van der Waals surface area (Å²) in [7, 11) is 0. The van der Waals surface area contributed by atoms with Gasteiger partial charge in [-0.3, -0.25) is 10.0 Å². The predicted octanol–water partition coefficient (Wildman–Crippen LogP) is 1.36. The van der Waals surface area contributed by atoms with E-state index >= 15 is 0 Å². The lowest BCUT2D eigenvalue weighted by Crippen LogP contribution is -2.54. The molecule has 0 aromatic heterocycles. The lowest BCUT2D eigenvalue weighted by molar-refractivity contribution is -0.158. The molecule has 23 heavy (non-hydrogen) atoms. The molecule has 4 saturated heterocycles. The molecule has 128 valence electrons. The summed E-state index contributed by atoms with van der Waals surface area (Å²) in [4.78, 5) is 27.2. The number of likely N-dealkylation sites (tertiary alicyclic amines) is 1. The van der Waals surface area contributed by atoms with Crippen LogP contribution in [-0.4, -0.2) is 74.9 Å². The van der Waals surface area contributed by atoms with Gasteiger partial charge in [0.05, 0.1) is 6.54 Å². The van der Waals surface area contributed by atoms with Gasteiger partial charge in [0.2, 0.25) is 5.91 Å². The third-order valence-electron chi connectivity index (χ3n) is 6.60. The lowest BCUT2D eigenvalue weighted by atomic mass is 9.77. The van der Waals surface area contributed by atoms with Crippen LogP contribution in [0.25, 0.3) is 0 Å². The highest BCUT2D eigenvalue weighted by molar-refractivity contribution is 5.78. The Hall–Kier alpha value is -1.34. The van der Waals surface area contributed by atoms with Gasteiger partial charge in [-0.2, -0.15) is 0 Å². The van der Waals surface area contributed by atoms with Crippen LogP contribution in [0.4, 0.5) is 4.79 Å². The summed E-state index contributed by atoms with van der Waals surface area (Å²) in [6.45, 7) is 2.39. The highest BCUT2D eigenvalue weighted by atomic mass is 16.5. The number of hydrogen-bond donors (Lipinski definition) is 2. The molecule has 4 aliphatic heterocycles. The molecule has 2 N–H and O–H groups in total. The van der Waals surface area contributed by atoms with Gasteiger partial charge in [0.25, 0.3) is 0 Å². The third-order valence-corrected chi connectivity index (χ3v) is 6.60. The van der Waals surface area contributed by atoms with Crippen LogP contribution in [-0.2, 0) is 4.79 Å². The first-order chi connectivity index (χ1) is 11.0. The average Bonchev–Trinajstić information content (AvgIpc) is 2.94. The Morgan fingerprint density at radius 3 is 2.17 bits per heavy atom. The van der Waals surface area contributed by atoms with E-state index < -0.39 is 6.09 Å². The van der Waals surface area contributed by atoms with Crippen molar-refractivity contribution in [1.29, 1.82) is 0 Å². The van der Waals surface area contributed by atoms with Crippen molar-refractivity contribution in [3.05, 3.63) is 0 Å². The third kappa shape index (κ3) is 2.50. The first-order valence-electron chi connectivity index (χ1n) is 8.72. The average molecular weight is 323 g/mol. The van der Waals surface area contributed by atoms with Crippen molar-refractivity contribution in [3.8, 4) is 0 Å². The molecule has 7 heteroatoms. The summed E-state index contributed by atoms with van der Waals surface area (Å²) in [6, 6.07) is 0.851. The summed E-state index contributed by atoms with van der Waals surface area (Å²) < 4.78 is 0. The Morgan fingerprint density at radius 2 is 1.70 bits per heavy atom. The van der Waals surface area contributed by atoms with E-state index in [0.29, 0.717) is 19.0 Å². The maximum absolute atomic E-state index is 11.6. The summed E-state index contributed by atoms with van der Waals surface area (Å²) in [6.07, 6.45) is 5.50. The lowest BCUT2D eigenvalue weighted by Gasteiger charge is -2.46. The molecular formula is C16H25N3O4. The number of carbonyl (C=O) groups is 2. The van der Waals surface area contributed by atoms with Crippen LogP contribution in [0, 0.1) is 5.41 Å². The zero-order chi connectivity index (χ0) is 16.2. The summed E-state index contributed by atoms with van der Waals surface area (Å²) in [5, 5.41) is 19.8.